The highest BCUT2D eigenvalue weighted by atomic mass is 35.5. The molecule has 1 aliphatic heterocycles. The average Bonchev–Trinajstić information content (AvgIpc) is 3.49. The van der Waals surface area contributed by atoms with Crippen molar-refractivity contribution in [3.05, 3.63) is 64.0 Å². The van der Waals surface area contributed by atoms with E-state index < -0.39 is 85.1 Å². The van der Waals surface area contributed by atoms with Gasteiger partial charge in [0.15, 0.2) is 23.6 Å². The Morgan fingerprint density at radius 2 is 1.70 bits per heavy atom. The number of rotatable bonds is 9. The van der Waals surface area contributed by atoms with Crippen LogP contribution in [-0.4, -0.2) is 97.1 Å². The Hall–Kier alpha value is -3.31. The van der Waals surface area contributed by atoms with Gasteiger partial charge in [0.1, 0.15) is 36.7 Å². The lowest BCUT2D eigenvalue weighted by atomic mass is 9.88. The van der Waals surface area contributed by atoms with Crippen molar-refractivity contribution in [2.75, 3.05) is 18.1 Å². The van der Waals surface area contributed by atoms with E-state index in [0.717, 1.165) is 10.9 Å². The van der Waals surface area contributed by atoms with Gasteiger partial charge >= 0.3 is 5.97 Å². The van der Waals surface area contributed by atoms with Crippen molar-refractivity contribution in [1.82, 2.24) is 15.0 Å². The van der Waals surface area contributed by atoms with Crippen molar-refractivity contribution in [2.24, 2.45) is 0 Å². The number of carbonyl (C=O) groups is 2. The Kier molecular flexibility index (Phi) is 10.5. The Balaban J connectivity index is 1.59. The number of aliphatic hydroxyl groups excluding tert-OH is 3. The highest BCUT2D eigenvalue weighted by molar-refractivity contribution is 6.35. The number of carbonyl (C=O) groups excluding carboxylic acids is 1. The zero-order chi connectivity index (χ0) is 33.3. The van der Waals surface area contributed by atoms with E-state index in [1.54, 1.807) is 0 Å². The molecule has 7 atom stereocenters. The fourth-order valence-corrected chi connectivity index (χ4v) is 6.41. The van der Waals surface area contributed by atoms with Gasteiger partial charge in [-0.05, 0) is 43.2 Å². The Morgan fingerprint density at radius 1 is 1.04 bits per heavy atom. The van der Waals surface area contributed by atoms with Gasteiger partial charge in [-0.1, -0.05) is 41.3 Å². The summed E-state index contributed by atoms with van der Waals surface area (Å²) in [6.07, 6.45) is -4.19. The number of aromatic nitrogens is 3. The predicted molar refractivity (Wildman–Crippen MR) is 156 cm³/mol. The Bertz CT molecular complexity index is 1560. The van der Waals surface area contributed by atoms with Crippen molar-refractivity contribution < 1.29 is 52.7 Å². The van der Waals surface area contributed by atoms with E-state index >= 15 is 0 Å². The highest BCUT2D eigenvalue weighted by Crippen LogP contribution is 2.38. The third-order valence-corrected chi connectivity index (χ3v) is 8.43. The maximum atomic E-state index is 14.5. The van der Waals surface area contributed by atoms with Gasteiger partial charge in [-0.2, -0.15) is 0 Å². The van der Waals surface area contributed by atoms with Crippen LogP contribution in [0.15, 0.2) is 36.5 Å². The number of hydrogen-bond donors (Lipinski definition) is 4. The van der Waals surface area contributed by atoms with E-state index in [-0.39, 0.29) is 27.0 Å². The molecule has 2 aromatic carbocycles. The van der Waals surface area contributed by atoms with Crippen molar-refractivity contribution in [3.63, 3.8) is 0 Å². The van der Waals surface area contributed by atoms with E-state index in [4.69, 9.17) is 32.7 Å². The summed E-state index contributed by atoms with van der Waals surface area (Å²) < 4.78 is 54.0. The molecule has 46 heavy (non-hydrogen) atoms. The van der Waals surface area contributed by atoms with Gasteiger partial charge in [0.25, 0.3) is 5.91 Å². The first-order chi connectivity index (χ1) is 21.9. The lowest BCUT2D eigenvalue weighted by molar-refractivity contribution is -0.218. The Labute approximate surface area is 269 Å². The molecule has 248 valence electrons. The number of nitrogens with zero attached hydrogens (tertiary/aromatic N) is 4. The first kappa shape index (κ1) is 34.0. The lowest BCUT2D eigenvalue weighted by Crippen LogP contribution is -2.63. The van der Waals surface area contributed by atoms with Gasteiger partial charge < -0.3 is 34.8 Å². The molecule has 0 radical (unpaired) electrons. The monoisotopic (exact) mass is 688 g/mol. The van der Waals surface area contributed by atoms with Crippen molar-refractivity contribution in [1.29, 1.82) is 0 Å². The molecule has 12 nitrogen and oxygen atoms in total. The topological polar surface area (TPSA) is 167 Å². The molecule has 0 bridgehead atoms. The van der Waals surface area contributed by atoms with Crippen LogP contribution in [-0.2, 0) is 19.1 Å². The van der Waals surface area contributed by atoms with Crippen molar-refractivity contribution >= 4 is 40.8 Å². The summed E-state index contributed by atoms with van der Waals surface area (Å²) in [5, 5.41) is 50.0. The third kappa shape index (κ3) is 7.00. The maximum absolute atomic E-state index is 14.5. The molecule has 0 unspecified atom stereocenters. The lowest BCUT2D eigenvalue weighted by Gasteiger charge is -2.46. The summed E-state index contributed by atoms with van der Waals surface area (Å²) in [5.41, 5.74) is -0.188. The SMILES string of the molecule is O=C(O)CO[C@@H]1[C@@H](n2cc(-c3cc(F)c(F)c(F)c3)nn2)[C@@H](O)[C@@H](CO)O[C@H]1C(=O)N(c1cc(Cl)cc(Cl)c1)[C@H]1CCCC[C@@H]1O. The van der Waals surface area contributed by atoms with Crippen molar-refractivity contribution in [3.8, 4) is 11.3 Å². The molecule has 17 heteroatoms. The molecule has 5 rings (SSSR count). The number of carboxylic acids is 1. The molecule has 3 aromatic rings. The second-order valence-corrected chi connectivity index (χ2v) is 11.9. The minimum absolute atomic E-state index is 0.169. The average molecular weight is 689 g/mol. The van der Waals surface area contributed by atoms with Gasteiger partial charge in [0.2, 0.25) is 0 Å². The fourth-order valence-electron chi connectivity index (χ4n) is 5.90. The molecule has 4 N–H and O–H groups in total. The first-order valence-corrected chi connectivity index (χ1v) is 15.0. The minimum atomic E-state index is -1.72. The summed E-state index contributed by atoms with van der Waals surface area (Å²) in [7, 11) is 0. The number of amides is 1. The van der Waals surface area contributed by atoms with Crippen LogP contribution in [0.3, 0.4) is 0 Å². The van der Waals surface area contributed by atoms with Crippen LogP contribution in [0.25, 0.3) is 11.3 Å². The van der Waals surface area contributed by atoms with Crippen LogP contribution < -0.4 is 4.90 Å². The molecule has 1 amide bonds. The molecule has 1 saturated carbocycles. The summed E-state index contributed by atoms with van der Waals surface area (Å²) in [4.78, 5) is 27.4. The summed E-state index contributed by atoms with van der Waals surface area (Å²) in [5.74, 6) is -6.94. The number of anilines is 1. The Morgan fingerprint density at radius 3 is 2.30 bits per heavy atom. The van der Waals surface area contributed by atoms with Gasteiger partial charge in [-0.25, -0.2) is 22.6 Å². The van der Waals surface area contributed by atoms with E-state index in [9.17, 15) is 43.2 Å². The van der Waals surface area contributed by atoms with Crippen LogP contribution >= 0.6 is 23.2 Å². The van der Waals surface area contributed by atoms with Crippen LogP contribution in [0.1, 0.15) is 31.7 Å². The van der Waals surface area contributed by atoms with E-state index in [2.05, 4.69) is 10.3 Å². The van der Waals surface area contributed by atoms with Crippen LogP contribution in [0.2, 0.25) is 10.0 Å². The summed E-state index contributed by atoms with van der Waals surface area (Å²) in [6.45, 7) is -1.77. The number of ether oxygens (including phenoxy) is 2. The fraction of sp³-hybridized carbons (Fsp3) is 0.448. The van der Waals surface area contributed by atoms with Gasteiger partial charge in [0, 0.05) is 21.3 Å². The number of halogens is 5. The van der Waals surface area contributed by atoms with Gasteiger partial charge in [-0.15, -0.1) is 5.10 Å². The molecule has 1 aromatic heterocycles. The van der Waals surface area contributed by atoms with Gasteiger partial charge in [-0.3, -0.25) is 4.79 Å². The van der Waals surface area contributed by atoms with E-state index in [1.807, 2.05) is 0 Å². The van der Waals surface area contributed by atoms with Crippen LogP contribution in [0.4, 0.5) is 18.9 Å². The predicted octanol–water partition coefficient (Wildman–Crippen LogP) is 3.14. The zero-order valence-electron chi connectivity index (χ0n) is 23.8. The summed E-state index contributed by atoms with van der Waals surface area (Å²) in [6, 6.07) is 3.44. The van der Waals surface area contributed by atoms with Crippen LogP contribution in [0.5, 0.6) is 0 Å². The number of aliphatic hydroxyl groups is 3. The number of carboxylic acid groups (broad SMARTS) is 1. The maximum Gasteiger partial charge on any atom is 0.329 e. The largest absolute Gasteiger partial charge is 0.480 e. The molecule has 2 heterocycles. The molecule has 2 aliphatic rings. The highest BCUT2D eigenvalue weighted by Gasteiger charge is 2.52. The minimum Gasteiger partial charge on any atom is -0.480 e. The summed E-state index contributed by atoms with van der Waals surface area (Å²) >= 11 is 12.5. The standard InChI is InChI=1S/C29H29Cl2F3N4O8/c30-14-7-15(31)9-16(8-14)38(20-3-1-2-4-21(20)40)29(44)28-27(45-12-23(41)42)25(26(43)22(11-39)46-28)37-10-19(35-36-37)13-5-17(32)24(34)18(33)6-13/h5-10,20-22,25-28,39-40,43H,1-4,11-12H2,(H,41,42)/t20-,21-,22+,25-,26-,27+,28+/m0/s1. The molecular formula is C29H29Cl2F3N4O8. The van der Waals surface area contributed by atoms with Crippen LogP contribution in [0, 0.1) is 17.5 Å². The normalized spacial score (nSPS) is 26.6. The molecule has 1 saturated heterocycles. The second kappa shape index (κ2) is 14.2. The quantitative estimate of drug-likeness (QED) is 0.245. The van der Waals surface area contributed by atoms with E-state index in [0.29, 0.717) is 37.8 Å². The first-order valence-electron chi connectivity index (χ1n) is 14.2. The molecular weight excluding hydrogens is 660 g/mol. The zero-order valence-corrected chi connectivity index (χ0v) is 25.4. The van der Waals surface area contributed by atoms with Gasteiger partial charge in [0.05, 0.1) is 24.9 Å². The number of benzene rings is 2. The second-order valence-electron chi connectivity index (χ2n) is 11.0. The molecule has 2 fully saturated rings. The molecule has 0 spiro atoms. The van der Waals surface area contributed by atoms with Crippen molar-refractivity contribution in [2.45, 2.75) is 68.3 Å². The van der Waals surface area contributed by atoms with E-state index in [1.165, 1.54) is 23.1 Å². The third-order valence-electron chi connectivity index (χ3n) is 7.99. The number of aliphatic carboxylic acids is 1. The smallest absolute Gasteiger partial charge is 0.329 e. The number of hydrogen-bond acceptors (Lipinski definition) is 9. The molecule has 1 aliphatic carbocycles.